The number of hydrogen-bond donors (Lipinski definition) is 2. The Morgan fingerprint density at radius 1 is 1.35 bits per heavy atom. The Bertz CT molecular complexity index is 435. The summed E-state index contributed by atoms with van der Waals surface area (Å²) in [5, 5.41) is 5.90. The van der Waals surface area contributed by atoms with Gasteiger partial charge >= 0.3 is 0 Å². The molecule has 0 fully saturated rings. The molecule has 0 aromatic heterocycles. The molecule has 5 nitrogen and oxygen atoms in total. The lowest BCUT2D eigenvalue weighted by Gasteiger charge is -2.13. The fourth-order valence-electron chi connectivity index (χ4n) is 1.86. The van der Waals surface area contributed by atoms with Gasteiger partial charge in [-0.25, -0.2) is 0 Å². The van der Waals surface area contributed by atoms with Crippen LogP contribution in [0.1, 0.15) is 19.4 Å². The van der Waals surface area contributed by atoms with Crippen LogP contribution in [-0.2, 0) is 11.3 Å². The first kappa shape index (κ1) is 16.3. The van der Waals surface area contributed by atoms with Crippen molar-refractivity contribution < 1.29 is 14.3 Å². The zero-order valence-corrected chi connectivity index (χ0v) is 12.7. The van der Waals surface area contributed by atoms with Crippen LogP contribution in [0.4, 0.5) is 0 Å². The summed E-state index contributed by atoms with van der Waals surface area (Å²) >= 11 is 0. The van der Waals surface area contributed by atoms with Crippen LogP contribution in [0.2, 0.25) is 0 Å². The van der Waals surface area contributed by atoms with Crippen LogP contribution in [0.3, 0.4) is 0 Å². The van der Waals surface area contributed by atoms with E-state index in [4.69, 9.17) is 9.47 Å². The van der Waals surface area contributed by atoms with E-state index in [9.17, 15) is 4.79 Å². The molecule has 1 unspecified atom stereocenters. The predicted molar refractivity (Wildman–Crippen MR) is 79.1 cm³/mol. The summed E-state index contributed by atoms with van der Waals surface area (Å²) in [6.07, 6.45) is 0. The van der Waals surface area contributed by atoms with Crippen LogP contribution >= 0.6 is 0 Å². The summed E-state index contributed by atoms with van der Waals surface area (Å²) in [7, 11) is 3.44. The van der Waals surface area contributed by atoms with Gasteiger partial charge in [-0.2, -0.15) is 0 Å². The summed E-state index contributed by atoms with van der Waals surface area (Å²) < 4.78 is 10.7. The Morgan fingerprint density at radius 2 is 2.10 bits per heavy atom. The molecule has 0 heterocycles. The average Bonchev–Trinajstić information content (AvgIpc) is 2.46. The minimum Gasteiger partial charge on any atom is -0.493 e. The van der Waals surface area contributed by atoms with Gasteiger partial charge in [-0.15, -0.1) is 0 Å². The van der Waals surface area contributed by atoms with E-state index < -0.39 is 0 Å². The molecule has 0 aliphatic heterocycles. The molecule has 0 radical (unpaired) electrons. The number of amides is 1. The average molecular weight is 280 g/mol. The third-order valence-electron chi connectivity index (χ3n) is 2.95. The van der Waals surface area contributed by atoms with Crippen LogP contribution < -0.4 is 20.1 Å². The topological polar surface area (TPSA) is 59.6 Å². The van der Waals surface area contributed by atoms with Crippen molar-refractivity contribution in [1.29, 1.82) is 0 Å². The Morgan fingerprint density at radius 3 is 2.70 bits per heavy atom. The molecule has 0 spiro atoms. The standard InChI is InChI=1S/C15H24N2O3/c1-5-20-13-7-6-12(8-14(13)19-4)10-17-15(18)11(2)9-16-3/h6-8,11,16H,5,9-10H2,1-4H3,(H,17,18). The fraction of sp³-hybridized carbons (Fsp3) is 0.533. The molecule has 0 bridgehead atoms. The van der Waals surface area contributed by atoms with Crippen molar-refractivity contribution >= 4 is 5.91 Å². The lowest BCUT2D eigenvalue weighted by atomic mass is 10.1. The highest BCUT2D eigenvalue weighted by molar-refractivity contribution is 5.78. The molecule has 0 saturated carbocycles. The third-order valence-corrected chi connectivity index (χ3v) is 2.95. The van der Waals surface area contributed by atoms with E-state index in [0.717, 1.165) is 5.56 Å². The van der Waals surface area contributed by atoms with Crippen molar-refractivity contribution in [2.45, 2.75) is 20.4 Å². The fourth-order valence-corrected chi connectivity index (χ4v) is 1.86. The number of carbonyl (C=O) groups is 1. The van der Waals surface area contributed by atoms with E-state index in [0.29, 0.717) is 31.2 Å². The number of nitrogens with one attached hydrogen (secondary N) is 2. The van der Waals surface area contributed by atoms with Gasteiger partial charge in [0, 0.05) is 19.0 Å². The smallest absolute Gasteiger partial charge is 0.224 e. The van der Waals surface area contributed by atoms with Gasteiger partial charge in [-0.1, -0.05) is 13.0 Å². The predicted octanol–water partition coefficient (Wildman–Crippen LogP) is 1.57. The second-order valence-electron chi connectivity index (χ2n) is 4.59. The lowest BCUT2D eigenvalue weighted by molar-refractivity contribution is -0.124. The monoisotopic (exact) mass is 280 g/mol. The number of rotatable bonds is 8. The highest BCUT2D eigenvalue weighted by Crippen LogP contribution is 2.27. The molecule has 1 aromatic rings. The second kappa shape index (κ2) is 8.43. The van der Waals surface area contributed by atoms with Crippen LogP contribution in [0, 0.1) is 5.92 Å². The van der Waals surface area contributed by atoms with E-state index in [1.807, 2.05) is 39.1 Å². The maximum atomic E-state index is 11.8. The molecule has 2 N–H and O–H groups in total. The number of hydrogen-bond acceptors (Lipinski definition) is 4. The van der Waals surface area contributed by atoms with Gasteiger partial charge in [0.2, 0.25) is 5.91 Å². The van der Waals surface area contributed by atoms with Gasteiger partial charge in [0.25, 0.3) is 0 Å². The molecule has 20 heavy (non-hydrogen) atoms. The van der Waals surface area contributed by atoms with Gasteiger partial charge < -0.3 is 20.1 Å². The number of carbonyl (C=O) groups excluding carboxylic acids is 1. The molecule has 0 aliphatic rings. The minimum atomic E-state index is -0.0513. The van der Waals surface area contributed by atoms with Crippen LogP contribution in [0.25, 0.3) is 0 Å². The first-order chi connectivity index (χ1) is 9.62. The van der Waals surface area contributed by atoms with E-state index in [-0.39, 0.29) is 11.8 Å². The second-order valence-corrected chi connectivity index (χ2v) is 4.59. The Labute approximate surface area is 120 Å². The summed E-state index contributed by atoms with van der Waals surface area (Å²) in [5.41, 5.74) is 0.982. The van der Waals surface area contributed by atoms with Crippen LogP contribution in [0.5, 0.6) is 11.5 Å². The van der Waals surface area contributed by atoms with Gasteiger partial charge in [0.1, 0.15) is 0 Å². The molecule has 0 aliphatic carbocycles. The van der Waals surface area contributed by atoms with Gasteiger partial charge in [-0.05, 0) is 31.7 Å². The van der Waals surface area contributed by atoms with Gasteiger partial charge in [-0.3, -0.25) is 4.79 Å². The number of methoxy groups -OCH3 is 1. The number of benzene rings is 1. The van der Waals surface area contributed by atoms with Crippen LogP contribution in [-0.4, -0.2) is 33.2 Å². The molecule has 1 amide bonds. The van der Waals surface area contributed by atoms with Gasteiger partial charge in [0.15, 0.2) is 11.5 Å². The first-order valence-corrected chi connectivity index (χ1v) is 6.84. The number of ether oxygens (including phenoxy) is 2. The van der Waals surface area contributed by atoms with E-state index in [1.165, 1.54) is 0 Å². The minimum absolute atomic E-state index is 0.0344. The Hall–Kier alpha value is -1.75. The zero-order chi connectivity index (χ0) is 15.0. The summed E-state index contributed by atoms with van der Waals surface area (Å²) in [6, 6.07) is 5.67. The molecule has 0 saturated heterocycles. The maximum absolute atomic E-state index is 11.8. The quantitative estimate of drug-likeness (QED) is 0.759. The van der Waals surface area contributed by atoms with E-state index >= 15 is 0 Å². The van der Waals surface area contributed by atoms with Crippen molar-refractivity contribution in [1.82, 2.24) is 10.6 Å². The van der Waals surface area contributed by atoms with Crippen molar-refractivity contribution in [2.75, 3.05) is 27.3 Å². The SMILES string of the molecule is CCOc1ccc(CNC(=O)C(C)CNC)cc1OC. The molecule has 1 aromatic carbocycles. The summed E-state index contributed by atoms with van der Waals surface area (Å²) in [6.45, 7) is 5.56. The first-order valence-electron chi connectivity index (χ1n) is 6.84. The van der Waals surface area contributed by atoms with Crippen molar-refractivity contribution in [3.63, 3.8) is 0 Å². The lowest BCUT2D eigenvalue weighted by Crippen LogP contribution is -2.33. The molecule has 1 atom stereocenters. The summed E-state index contributed by atoms with van der Waals surface area (Å²) in [4.78, 5) is 11.8. The highest BCUT2D eigenvalue weighted by Gasteiger charge is 2.12. The molecule has 1 rings (SSSR count). The van der Waals surface area contributed by atoms with Gasteiger partial charge in [0.05, 0.1) is 13.7 Å². The third kappa shape index (κ3) is 4.74. The maximum Gasteiger partial charge on any atom is 0.224 e. The molecular weight excluding hydrogens is 256 g/mol. The molecular formula is C15H24N2O3. The van der Waals surface area contributed by atoms with E-state index in [2.05, 4.69) is 10.6 Å². The summed E-state index contributed by atoms with van der Waals surface area (Å²) in [5.74, 6) is 1.38. The zero-order valence-electron chi connectivity index (χ0n) is 12.7. The normalized spacial score (nSPS) is 11.8. The molecule has 5 heteroatoms. The Kier molecular flexibility index (Phi) is 6.87. The van der Waals surface area contributed by atoms with Crippen molar-refractivity contribution in [3.8, 4) is 11.5 Å². The molecule has 112 valence electrons. The largest absolute Gasteiger partial charge is 0.493 e. The van der Waals surface area contributed by atoms with E-state index in [1.54, 1.807) is 7.11 Å². The van der Waals surface area contributed by atoms with Crippen molar-refractivity contribution in [2.24, 2.45) is 5.92 Å². The van der Waals surface area contributed by atoms with Crippen molar-refractivity contribution in [3.05, 3.63) is 23.8 Å². The van der Waals surface area contributed by atoms with Crippen LogP contribution in [0.15, 0.2) is 18.2 Å². The Balaban J connectivity index is 2.62. The highest BCUT2D eigenvalue weighted by atomic mass is 16.5.